The SMILES string of the molecule is CCCCc1csc(-c2sccc2CCCCCC(F)(F)C(F)(F)C(F)(F)C(F)(F)F)c1. The third-order valence-electron chi connectivity index (χ3n) is 5.09. The number of aryl methyl sites for hydroxylation is 2. The highest BCUT2D eigenvalue weighted by atomic mass is 32.1. The largest absolute Gasteiger partial charge is 0.460 e. The van der Waals surface area contributed by atoms with E-state index in [1.807, 2.05) is 11.4 Å². The second kappa shape index (κ2) is 10.4. The molecular weight excluding hydrogens is 487 g/mol. The van der Waals surface area contributed by atoms with Crippen molar-refractivity contribution in [2.24, 2.45) is 0 Å². The lowest BCUT2D eigenvalue weighted by atomic mass is 9.97. The van der Waals surface area contributed by atoms with E-state index in [2.05, 4.69) is 18.4 Å². The van der Waals surface area contributed by atoms with Crippen molar-refractivity contribution in [1.82, 2.24) is 0 Å². The fourth-order valence-corrected chi connectivity index (χ4v) is 5.23. The van der Waals surface area contributed by atoms with Gasteiger partial charge in [-0.3, -0.25) is 0 Å². The van der Waals surface area contributed by atoms with Crippen LogP contribution in [0.4, 0.5) is 39.5 Å². The van der Waals surface area contributed by atoms with Crippen LogP contribution in [0.2, 0.25) is 0 Å². The molecule has 0 bridgehead atoms. The lowest BCUT2D eigenvalue weighted by Crippen LogP contribution is -2.60. The van der Waals surface area contributed by atoms with E-state index in [9.17, 15) is 39.5 Å². The highest BCUT2D eigenvalue weighted by Crippen LogP contribution is 2.54. The summed E-state index contributed by atoms with van der Waals surface area (Å²) < 4.78 is 116. The Hall–Kier alpha value is -1.23. The van der Waals surface area contributed by atoms with Crippen molar-refractivity contribution in [2.75, 3.05) is 0 Å². The zero-order valence-corrected chi connectivity index (χ0v) is 18.8. The van der Waals surface area contributed by atoms with Gasteiger partial charge < -0.3 is 0 Å². The van der Waals surface area contributed by atoms with Crippen molar-refractivity contribution in [1.29, 1.82) is 0 Å². The minimum atomic E-state index is -6.81. The second-order valence-corrected chi connectivity index (χ2v) is 9.44. The van der Waals surface area contributed by atoms with Gasteiger partial charge in [0.25, 0.3) is 0 Å². The third kappa shape index (κ3) is 5.81. The number of thiophene rings is 2. The molecule has 11 heteroatoms. The molecule has 0 amide bonds. The molecule has 0 unspecified atom stereocenters. The van der Waals surface area contributed by atoms with E-state index in [0.717, 1.165) is 34.6 Å². The molecule has 0 N–H and O–H groups in total. The second-order valence-electron chi connectivity index (χ2n) is 7.61. The van der Waals surface area contributed by atoms with Gasteiger partial charge in [0.2, 0.25) is 0 Å². The third-order valence-corrected chi connectivity index (χ3v) is 7.21. The highest BCUT2D eigenvalue weighted by molar-refractivity contribution is 7.20. The Morgan fingerprint density at radius 3 is 2.09 bits per heavy atom. The van der Waals surface area contributed by atoms with E-state index >= 15 is 0 Å². The summed E-state index contributed by atoms with van der Waals surface area (Å²) in [5, 5.41) is 3.96. The normalized spacial score (nSPS) is 13.7. The molecule has 2 aromatic rings. The van der Waals surface area contributed by atoms with Crippen LogP contribution in [-0.2, 0) is 12.8 Å². The van der Waals surface area contributed by atoms with Gasteiger partial charge in [0.1, 0.15) is 0 Å². The maximum Gasteiger partial charge on any atom is 0.460 e. The van der Waals surface area contributed by atoms with Crippen LogP contribution in [0.5, 0.6) is 0 Å². The molecular formula is C21H23F9S2. The molecule has 182 valence electrons. The van der Waals surface area contributed by atoms with Gasteiger partial charge in [-0.1, -0.05) is 19.8 Å². The number of alkyl halides is 9. The first-order valence-corrected chi connectivity index (χ1v) is 11.8. The van der Waals surface area contributed by atoms with Crippen molar-refractivity contribution < 1.29 is 39.5 Å². The molecule has 32 heavy (non-hydrogen) atoms. The van der Waals surface area contributed by atoms with Gasteiger partial charge in [-0.2, -0.15) is 39.5 Å². The number of unbranched alkanes of at least 4 members (excludes halogenated alkanes) is 3. The summed E-state index contributed by atoms with van der Waals surface area (Å²) in [6.07, 6.45) is -5.24. The molecule has 2 aromatic heterocycles. The van der Waals surface area contributed by atoms with Crippen LogP contribution in [0.15, 0.2) is 22.9 Å². The predicted molar refractivity (Wildman–Crippen MR) is 109 cm³/mol. The Morgan fingerprint density at radius 2 is 1.47 bits per heavy atom. The lowest BCUT2D eigenvalue weighted by Gasteiger charge is -2.33. The zero-order chi connectivity index (χ0) is 24.2. The van der Waals surface area contributed by atoms with Crippen LogP contribution in [0, 0.1) is 0 Å². The van der Waals surface area contributed by atoms with Gasteiger partial charge in [-0.25, -0.2) is 0 Å². The van der Waals surface area contributed by atoms with Gasteiger partial charge in [0, 0.05) is 16.2 Å². The summed E-state index contributed by atoms with van der Waals surface area (Å²) >= 11 is 3.11. The number of halogens is 9. The van der Waals surface area contributed by atoms with E-state index in [1.165, 1.54) is 16.9 Å². The molecule has 0 fully saturated rings. The Kier molecular flexibility index (Phi) is 8.75. The number of hydrogen-bond donors (Lipinski definition) is 0. The fourth-order valence-electron chi connectivity index (χ4n) is 3.16. The molecule has 0 atom stereocenters. The minimum absolute atomic E-state index is 0.00919. The Labute approximate surface area is 188 Å². The number of rotatable bonds is 12. The topological polar surface area (TPSA) is 0 Å². The lowest BCUT2D eigenvalue weighted by molar-refractivity contribution is -0.396. The predicted octanol–water partition coefficient (Wildman–Crippen LogP) is 9.39. The summed E-state index contributed by atoms with van der Waals surface area (Å²) in [6.45, 7) is 2.10. The van der Waals surface area contributed by atoms with Crippen LogP contribution in [0.1, 0.15) is 56.6 Å². The van der Waals surface area contributed by atoms with Crippen molar-refractivity contribution in [2.45, 2.75) is 82.2 Å². The van der Waals surface area contributed by atoms with Gasteiger partial charge in [-0.05, 0) is 66.1 Å². The van der Waals surface area contributed by atoms with E-state index in [1.54, 1.807) is 11.3 Å². The standard InChI is InChI=1S/C21H23F9S2/c1-2-3-7-14-12-16(32-13-14)17-15(9-11-31-17)8-5-4-6-10-18(22,23)19(24,25)20(26,27)21(28,29)30/h9,11-13H,2-8,10H2,1H3. The fraction of sp³-hybridized carbons (Fsp3) is 0.619. The molecule has 0 aromatic carbocycles. The first-order valence-electron chi connectivity index (χ1n) is 10.1. The van der Waals surface area contributed by atoms with E-state index < -0.39 is 36.8 Å². The summed E-state index contributed by atoms with van der Waals surface area (Å²) in [7, 11) is 0. The molecule has 0 aliphatic rings. The Bertz CT molecular complexity index is 850. The first-order chi connectivity index (χ1) is 14.7. The maximum absolute atomic E-state index is 13.6. The molecule has 0 spiro atoms. The first kappa shape index (κ1) is 27.0. The highest BCUT2D eigenvalue weighted by Gasteiger charge is 2.81. The summed E-state index contributed by atoms with van der Waals surface area (Å²) in [5.74, 6) is -18.8. The van der Waals surface area contributed by atoms with Crippen molar-refractivity contribution in [3.63, 3.8) is 0 Å². The van der Waals surface area contributed by atoms with Crippen molar-refractivity contribution in [3.05, 3.63) is 34.0 Å². The number of hydrogen-bond acceptors (Lipinski definition) is 2. The molecule has 2 rings (SSSR count). The van der Waals surface area contributed by atoms with Crippen molar-refractivity contribution in [3.8, 4) is 9.75 Å². The zero-order valence-electron chi connectivity index (χ0n) is 17.2. The van der Waals surface area contributed by atoms with Crippen LogP contribution >= 0.6 is 22.7 Å². The maximum atomic E-state index is 13.6. The van der Waals surface area contributed by atoms with Gasteiger partial charge in [0.15, 0.2) is 0 Å². The van der Waals surface area contributed by atoms with E-state index in [4.69, 9.17) is 0 Å². The molecule has 0 aliphatic heterocycles. The molecule has 0 nitrogen and oxygen atoms in total. The smallest absolute Gasteiger partial charge is 0.200 e. The monoisotopic (exact) mass is 510 g/mol. The van der Waals surface area contributed by atoms with E-state index in [-0.39, 0.29) is 6.42 Å². The quantitative estimate of drug-likeness (QED) is 0.197. The summed E-state index contributed by atoms with van der Waals surface area (Å²) in [4.78, 5) is 2.10. The average Bonchev–Trinajstić information content (AvgIpc) is 3.33. The van der Waals surface area contributed by atoms with Crippen LogP contribution < -0.4 is 0 Å². The van der Waals surface area contributed by atoms with Crippen molar-refractivity contribution >= 4 is 22.7 Å². The van der Waals surface area contributed by atoms with Crippen LogP contribution in [0.3, 0.4) is 0 Å². The Balaban J connectivity index is 1.90. The van der Waals surface area contributed by atoms with Gasteiger partial charge >= 0.3 is 23.9 Å². The Morgan fingerprint density at radius 1 is 0.781 bits per heavy atom. The molecule has 2 heterocycles. The van der Waals surface area contributed by atoms with Crippen LogP contribution in [0.25, 0.3) is 9.75 Å². The average molecular weight is 511 g/mol. The molecule has 0 aliphatic carbocycles. The van der Waals surface area contributed by atoms with Gasteiger partial charge in [-0.15, -0.1) is 22.7 Å². The minimum Gasteiger partial charge on any atom is -0.200 e. The molecule has 0 saturated carbocycles. The molecule has 0 radical (unpaired) electrons. The molecule has 0 saturated heterocycles. The summed E-state index contributed by atoms with van der Waals surface area (Å²) in [5.41, 5.74) is 2.18. The summed E-state index contributed by atoms with van der Waals surface area (Å²) in [6, 6.07) is 3.97. The van der Waals surface area contributed by atoms with Crippen LogP contribution in [-0.4, -0.2) is 23.9 Å². The van der Waals surface area contributed by atoms with E-state index in [0.29, 0.717) is 12.8 Å². The van der Waals surface area contributed by atoms with Gasteiger partial charge in [0.05, 0.1) is 0 Å².